The fourth-order valence-corrected chi connectivity index (χ4v) is 4.82. The molecule has 76 valence electrons. The normalized spacial score (nSPS) is 15.8. The second-order valence-corrected chi connectivity index (χ2v) is 6.07. The topological polar surface area (TPSA) is 0 Å². The maximum Gasteiger partial charge on any atom is -0.000000767 e. The van der Waals surface area contributed by atoms with Gasteiger partial charge in [-0.2, -0.15) is 0 Å². The maximum atomic E-state index is 2.27. The smallest absolute Gasteiger partial charge is 0.000000767 e. The Hall–Kier alpha value is -2.34. The summed E-state index contributed by atoms with van der Waals surface area (Å²) in [4.78, 5) is 0. The van der Waals surface area contributed by atoms with Crippen molar-refractivity contribution in [2.24, 2.45) is 0 Å². The van der Waals surface area contributed by atoms with Gasteiger partial charge >= 0.3 is 0 Å². The van der Waals surface area contributed by atoms with Gasteiger partial charge in [0.2, 0.25) is 0 Å². The predicted octanol–water partition coefficient (Wildman–Crippen LogP) is 5.26. The van der Waals surface area contributed by atoms with Crippen LogP contribution in [0.3, 0.4) is 0 Å². The molecule has 0 spiro atoms. The highest BCUT2D eigenvalue weighted by Crippen LogP contribution is 2.67. The molecule has 0 saturated carbocycles. The zero-order valence-corrected chi connectivity index (χ0v) is 9.31. The third kappa shape index (κ3) is 0.313. The Bertz CT molecular complexity index is 1210. The van der Waals surface area contributed by atoms with E-state index in [9.17, 15) is 0 Å². The largest absolute Gasteiger partial charge is 0.0531 e. The molecule has 0 heteroatoms. The molecule has 18 heavy (non-hydrogen) atoms. The zero-order chi connectivity index (χ0) is 10.9. The quantitative estimate of drug-likeness (QED) is 0.306. The summed E-state index contributed by atoms with van der Waals surface area (Å²) >= 11 is 0. The Morgan fingerprint density at radius 1 is 0.278 bits per heavy atom. The van der Waals surface area contributed by atoms with E-state index in [-0.39, 0.29) is 0 Å². The van der Waals surface area contributed by atoms with Crippen molar-refractivity contribution in [3.8, 4) is 0 Å². The number of fused-ring (bicyclic) bond motifs is 19. The van der Waals surface area contributed by atoms with Crippen LogP contribution >= 0.6 is 0 Å². The molecule has 0 radical (unpaired) electrons. The maximum absolute atomic E-state index is 2.27. The van der Waals surface area contributed by atoms with Crippen LogP contribution in [-0.4, -0.2) is 0 Å². The number of benzene rings is 7. The summed E-state index contributed by atoms with van der Waals surface area (Å²) in [5.41, 5.74) is 0. The first-order valence-electron chi connectivity index (χ1n) is 6.57. The molecule has 0 aliphatic heterocycles. The molecule has 0 fully saturated rings. The molecular weight excluding hydrogens is 216 g/mol. The highest BCUT2D eigenvalue weighted by Gasteiger charge is 2.38. The molecule has 8 aromatic carbocycles. The second-order valence-electron chi connectivity index (χ2n) is 6.07. The van der Waals surface area contributed by atoms with Crippen LogP contribution in [0.15, 0.2) is 24.3 Å². The van der Waals surface area contributed by atoms with Crippen molar-refractivity contribution in [1.82, 2.24) is 0 Å². The molecule has 0 nitrogen and oxygen atoms in total. The summed E-state index contributed by atoms with van der Waals surface area (Å²) in [5, 5.41) is 22.2. The minimum absolute atomic E-state index is 1.54. The Morgan fingerprint density at radius 2 is 0.500 bits per heavy atom. The Balaban J connectivity index is 1.76. The molecule has 8 rings (SSSR count). The molecule has 0 saturated heterocycles. The SMILES string of the molecule is c1cc2c1c1c2c2c1c1c3c4c5ccc5c4c3c21. The molecule has 0 amide bonds. The van der Waals surface area contributed by atoms with E-state index in [1.807, 2.05) is 0 Å². The van der Waals surface area contributed by atoms with Gasteiger partial charge in [-0.15, -0.1) is 0 Å². The first-order valence-corrected chi connectivity index (χ1v) is 6.57. The molecule has 8 aromatic rings. The Labute approximate surface area is 100 Å². The summed E-state index contributed by atoms with van der Waals surface area (Å²) < 4.78 is 0. The van der Waals surface area contributed by atoms with E-state index >= 15 is 0 Å². The standard InChI is InChI=1S/C18H4/c1-2-6-5(1)9-10(6)14-13(9)17-15-11-7-3-4-8(7)12(11)16(15)18(14)17/h1-4H. The first kappa shape index (κ1) is 6.55. The van der Waals surface area contributed by atoms with Crippen LogP contribution in [0.4, 0.5) is 0 Å². The van der Waals surface area contributed by atoms with Gasteiger partial charge in [-0.25, -0.2) is 0 Å². The van der Waals surface area contributed by atoms with Crippen molar-refractivity contribution in [3.05, 3.63) is 24.3 Å². The molecule has 0 aliphatic rings. The van der Waals surface area contributed by atoms with E-state index in [1.54, 1.807) is 53.9 Å². The molecular formula is C18H4. The predicted molar refractivity (Wildman–Crippen MR) is 78.5 cm³/mol. The molecule has 0 atom stereocenters. The van der Waals surface area contributed by atoms with Gasteiger partial charge in [-0.05, 0) is 75.4 Å². The summed E-state index contributed by atoms with van der Waals surface area (Å²) in [5.74, 6) is 0. The van der Waals surface area contributed by atoms with Gasteiger partial charge in [0.15, 0.2) is 0 Å². The number of rotatable bonds is 0. The van der Waals surface area contributed by atoms with E-state index in [1.165, 1.54) is 21.5 Å². The van der Waals surface area contributed by atoms with Crippen molar-refractivity contribution in [2.45, 2.75) is 0 Å². The van der Waals surface area contributed by atoms with Gasteiger partial charge in [0.25, 0.3) is 0 Å². The van der Waals surface area contributed by atoms with Gasteiger partial charge in [0.05, 0.1) is 0 Å². The molecule has 0 bridgehead atoms. The van der Waals surface area contributed by atoms with E-state index < -0.39 is 0 Å². The lowest BCUT2D eigenvalue weighted by molar-refractivity contribution is 1.85. The van der Waals surface area contributed by atoms with Crippen molar-refractivity contribution in [2.75, 3.05) is 0 Å². The Morgan fingerprint density at radius 3 is 0.722 bits per heavy atom. The lowest BCUT2D eigenvalue weighted by Crippen LogP contribution is -2.08. The van der Waals surface area contributed by atoms with Gasteiger partial charge in [-0.1, -0.05) is 24.3 Å². The highest BCUT2D eigenvalue weighted by molar-refractivity contribution is 6.71. The molecule has 0 unspecified atom stereocenters. The Kier molecular flexibility index (Phi) is 0.523. The fraction of sp³-hybridized carbons (Fsp3) is 0. The van der Waals surface area contributed by atoms with Gasteiger partial charge in [0, 0.05) is 0 Å². The third-order valence-electron chi connectivity index (χ3n) is 5.74. The van der Waals surface area contributed by atoms with E-state index in [0.717, 1.165) is 0 Å². The summed E-state index contributed by atoms with van der Waals surface area (Å²) in [6.07, 6.45) is 0. The second kappa shape index (κ2) is 1.44. The van der Waals surface area contributed by atoms with Crippen LogP contribution in [0.2, 0.25) is 0 Å². The molecule has 0 aliphatic carbocycles. The average Bonchev–Trinajstić information content (AvgIpc) is 2.28. The summed E-state index contributed by atoms with van der Waals surface area (Å²) in [7, 11) is 0. The number of hydrogen-bond acceptors (Lipinski definition) is 0. The highest BCUT2D eigenvalue weighted by atomic mass is 14.4. The zero-order valence-electron chi connectivity index (χ0n) is 9.31. The monoisotopic (exact) mass is 220 g/mol. The number of hydrogen-bond donors (Lipinski definition) is 0. The minimum atomic E-state index is 1.54. The van der Waals surface area contributed by atoms with Crippen molar-refractivity contribution >= 4 is 75.4 Å². The third-order valence-corrected chi connectivity index (χ3v) is 5.74. The molecule has 0 aromatic heterocycles. The van der Waals surface area contributed by atoms with Crippen LogP contribution in [0.5, 0.6) is 0 Å². The van der Waals surface area contributed by atoms with Crippen LogP contribution in [0.25, 0.3) is 75.4 Å². The van der Waals surface area contributed by atoms with Gasteiger partial charge < -0.3 is 0 Å². The lowest BCUT2D eigenvalue weighted by atomic mass is 9.64. The van der Waals surface area contributed by atoms with Crippen LogP contribution in [0.1, 0.15) is 0 Å². The van der Waals surface area contributed by atoms with Crippen LogP contribution < -0.4 is 0 Å². The summed E-state index contributed by atoms with van der Waals surface area (Å²) in [6, 6.07) is 9.09. The van der Waals surface area contributed by atoms with E-state index in [0.29, 0.717) is 0 Å². The van der Waals surface area contributed by atoms with Gasteiger partial charge in [0.1, 0.15) is 0 Å². The lowest BCUT2D eigenvalue weighted by Gasteiger charge is -2.37. The molecule has 0 N–H and O–H groups in total. The first-order chi connectivity index (χ1) is 8.97. The minimum Gasteiger partial charge on any atom is -0.0531 e. The fourth-order valence-electron chi connectivity index (χ4n) is 4.82. The van der Waals surface area contributed by atoms with Crippen molar-refractivity contribution in [3.63, 3.8) is 0 Å². The molecule has 0 heterocycles. The van der Waals surface area contributed by atoms with Crippen LogP contribution in [-0.2, 0) is 0 Å². The van der Waals surface area contributed by atoms with E-state index in [2.05, 4.69) is 24.3 Å². The summed E-state index contributed by atoms with van der Waals surface area (Å²) in [6.45, 7) is 0. The van der Waals surface area contributed by atoms with Gasteiger partial charge in [-0.3, -0.25) is 0 Å². The van der Waals surface area contributed by atoms with E-state index in [4.69, 9.17) is 0 Å². The van der Waals surface area contributed by atoms with Crippen LogP contribution in [0, 0.1) is 0 Å². The van der Waals surface area contributed by atoms with Crippen molar-refractivity contribution < 1.29 is 0 Å². The average molecular weight is 220 g/mol. The van der Waals surface area contributed by atoms with Crippen molar-refractivity contribution in [1.29, 1.82) is 0 Å².